The molecule has 0 bridgehead atoms. The second-order valence-corrected chi connectivity index (χ2v) is 5.90. The Morgan fingerprint density at radius 2 is 1.87 bits per heavy atom. The summed E-state index contributed by atoms with van der Waals surface area (Å²) in [7, 11) is 0. The molecule has 1 atom stereocenters. The van der Waals surface area contributed by atoms with Gasteiger partial charge in [-0.1, -0.05) is 24.3 Å². The molecule has 5 heteroatoms. The van der Waals surface area contributed by atoms with Gasteiger partial charge in [-0.05, 0) is 43.9 Å². The molecule has 1 saturated carbocycles. The van der Waals surface area contributed by atoms with E-state index in [0.717, 1.165) is 18.5 Å². The van der Waals surface area contributed by atoms with Crippen LogP contribution < -0.4 is 4.90 Å². The zero-order valence-corrected chi connectivity index (χ0v) is 12.9. The number of rotatable bonds is 5. The molecular weight excluding hydrogens is 292 g/mol. The molecule has 0 N–H and O–H groups in total. The predicted octanol–water partition coefficient (Wildman–Crippen LogP) is 4.04. The van der Waals surface area contributed by atoms with Gasteiger partial charge < -0.3 is 4.90 Å². The third-order valence-electron chi connectivity index (χ3n) is 4.27. The first kappa shape index (κ1) is 15.2. The molecule has 3 rings (SSSR count). The van der Waals surface area contributed by atoms with E-state index in [1.54, 1.807) is 17.0 Å². The van der Waals surface area contributed by atoms with Crippen LogP contribution in [0, 0.1) is 16.0 Å². The fraction of sp³-hybridized carbons (Fsp3) is 0.278. The second-order valence-electron chi connectivity index (χ2n) is 5.90. The summed E-state index contributed by atoms with van der Waals surface area (Å²) in [5.41, 5.74) is 1.10. The summed E-state index contributed by atoms with van der Waals surface area (Å²) in [6.45, 7) is 2.04. The van der Waals surface area contributed by atoms with Gasteiger partial charge in [-0.3, -0.25) is 14.9 Å². The number of non-ortho nitro benzene ring substituents is 1. The van der Waals surface area contributed by atoms with Crippen molar-refractivity contribution in [3.63, 3.8) is 0 Å². The minimum absolute atomic E-state index is 0.0667. The van der Waals surface area contributed by atoms with Gasteiger partial charge in [0.15, 0.2) is 0 Å². The van der Waals surface area contributed by atoms with Crippen molar-refractivity contribution < 1.29 is 9.72 Å². The van der Waals surface area contributed by atoms with E-state index in [0.29, 0.717) is 11.5 Å². The van der Waals surface area contributed by atoms with Crippen molar-refractivity contribution >= 4 is 17.3 Å². The van der Waals surface area contributed by atoms with Gasteiger partial charge in [0.1, 0.15) is 0 Å². The fourth-order valence-corrected chi connectivity index (χ4v) is 2.81. The average Bonchev–Trinajstić information content (AvgIpc) is 3.41. The van der Waals surface area contributed by atoms with E-state index in [1.807, 2.05) is 37.3 Å². The molecule has 1 fully saturated rings. The van der Waals surface area contributed by atoms with Gasteiger partial charge in [0.05, 0.1) is 4.92 Å². The minimum atomic E-state index is -0.478. The molecule has 0 radical (unpaired) electrons. The molecule has 118 valence electrons. The van der Waals surface area contributed by atoms with Crippen LogP contribution in [0.25, 0.3) is 0 Å². The lowest BCUT2D eigenvalue weighted by molar-refractivity contribution is -0.384. The molecule has 0 unspecified atom stereocenters. The van der Waals surface area contributed by atoms with Gasteiger partial charge in [-0.15, -0.1) is 0 Å². The van der Waals surface area contributed by atoms with Crippen molar-refractivity contribution in [2.24, 2.45) is 5.92 Å². The fourth-order valence-electron chi connectivity index (χ4n) is 2.81. The molecule has 0 aliphatic heterocycles. The molecule has 0 heterocycles. The summed E-state index contributed by atoms with van der Waals surface area (Å²) in [6, 6.07) is 15.5. The van der Waals surface area contributed by atoms with Crippen molar-refractivity contribution in [3.8, 4) is 0 Å². The van der Waals surface area contributed by atoms with Gasteiger partial charge >= 0.3 is 0 Å². The number of anilines is 1. The van der Waals surface area contributed by atoms with Gasteiger partial charge in [0.25, 0.3) is 11.6 Å². The summed E-state index contributed by atoms with van der Waals surface area (Å²) < 4.78 is 0. The Bertz CT molecular complexity index is 726. The topological polar surface area (TPSA) is 63.5 Å². The highest BCUT2D eigenvalue weighted by Gasteiger charge is 2.35. The highest BCUT2D eigenvalue weighted by atomic mass is 16.6. The normalized spacial score (nSPS) is 15.0. The molecule has 1 aliphatic carbocycles. The SMILES string of the molecule is C[C@@H](C1CC1)N(C(=O)c1cccc([N+](=O)[O-])c1)c1ccccc1. The maximum absolute atomic E-state index is 13.0. The number of benzene rings is 2. The van der Waals surface area contributed by atoms with Crippen molar-refractivity contribution in [2.45, 2.75) is 25.8 Å². The van der Waals surface area contributed by atoms with E-state index in [2.05, 4.69) is 0 Å². The Hall–Kier alpha value is -2.69. The monoisotopic (exact) mass is 310 g/mol. The third-order valence-corrected chi connectivity index (χ3v) is 4.27. The van der Waals surface area contributed by atoms with Gasteiger partial charge in [-0.25, -0.2) is 0 Å². The first-order valence-corrected chi connectivity index (χ1v) is 7.71. The van der Waals surface area contributed by atoms with Crippen LogP contribution in [0.1, 0.15) is 30.1 Å². The molecule has 2 aromatic rings. The van der Waals surface area contributed by atoms with E-state index in [9.17, 15) is 14.9 Å². The maximum atomic E-state index is 13.0. The van der Waals surface area contributed by atoms with Crippen molar-refractivity contribution in [1.82, 2.24) is 0 Å². The number of para-hydroxylation sites is 1. The highest BCUT2D eigenvalue weighted by Crippen LogP contribution is 2.37. The molecule has 5 nitrogen and oxygen atoms in total. The van der Waals surface area contributed by atoms with E-state index >= 15 is 0 Å². The number of hydrogen-bond acceptors (Lipinski definition) is 3. The largest absolute Gasteiger partial charge is 0.305 e. The molecule has 2 aromatic carbocycles. The molecule has 0 aromatic heterocycles. The maximum Gasteiger partial charge on any atom is 0.270 e. The standard InChI is InChI=1S/C18H18N2O3/c1-13(14-10-11-14)19(16-7-3-2-4-8-16)18(21)15-6-5-9-17(12-15)20(22)23/h2-9,12-14H,10-11H2,1H3/t13-/m0/s1. The van der Waals surface area contributed by atoms with Crippen LogP contribution >= 0.6 is 0 Å². The Morgan fingerprint density at radius 3 is 2.48 bits per heavy atom. The number of nitro groups is 1. The minimum Gasteiger partial charge on any atom is -0.305 e. The van der Waals surface area contributed by atoms with Crippen molar-refractivity contribution in [2.75, 3.05) is 4.90 Å². The molecule has 1 aliphatic rings. The van der Waals surface area contributed by atoms with E-state index < -0.39 is 4.92 Å². The number of nitrogens with zero attached hydrogens (tertiary/aromatic N) is 2. The summed E-state index contributed by atoms with van der Waals surface area (Å²) in [5.74, 6) is 0.303. The first-order valence-electron chi connectivity index (χ1n) is 7.71. The van der Waals surface area contributed by atoms with Crippen LogP contribution in [0.3, 0.4) is 0 Å². The van der Waals surface area contributed by atoms with Crippen LogP contribution in [0.5, 0.6) is 0 Å². The number of hydrogen-bond donors (Lipinski definition) is 0. The van der Waals surface area contributed by atoms with Gasteiger partial charge in [0, 0.05) is 29.4 Å². The predicted molar refractivity (Wildman–Crippen MR) is 88.5 cm³/mol. The highest BCUT2D eigenvalue weighted by molar-refractivity contribution is 6.06. The molecule has 0 spiro atoms. The summed E-state index contributed by atoms with van der Waals surface area (Å²) in [6.07, 6.45) is 2.24. The molecule has 23 heavy (non-hydrogen) atoms. The average molecular weight is 310 g/mol. The molecular formula is C18H18N2O3. The molecule has 0 saturated heterocycles. The van der Waals surface area contributed by atoms with Crippen LogP contribution in [-0.4, -0.2) is 16.9 Å². The lowest BCUT2D eigenvalue weighted by Gasteiger charge is -2.29. The Kier molecular flexibility index (Phi) is 4.10. The van der Waals surface area contributed by atoms with Crippen LogP contribution in [-0.2, 0) is 0 Å². The number of carbonyl (C=O) groups is 1. The lowest BCUT2D eigenvalue weighted by atomic mass is 10.1. The summed E-state index contributed by atoms with van der Waals surface area (Å²) in [4.78, 5) is 25.2. The van der Waals surface area contributed by atoms with E-state index in [1.165, 1.54) is 12.1 Å². The number of amides is 1. The summed E-state index contributed by atoms with van der Waals surface area (Å²) >= 11 is 0. The van der Waals surface area contributed by atoms with Gasteiger partial charge in [0.2, 0.25) is 0 Å². The van der Waals surface area contributed by atoms with Crippen LogP contribution in [0.4, 0.5) is 11.4 Å². The molecule has 1 amide bonds. The second kappa shape index (κ2) is 6.20. The number of carbonyl (C=O) groups excluding carboxylic acids is 1. The Balaban J connectivity index is 1.97. The first-order chi connectivity index (χ1) is 11.1. The van der Waals surface area contributed by atoms with E-state index in [-0.39, 0.29) is 17.6 Å². The Morgan fingerprint density at radius 1 is 1.17 bits per heavy atom. The Labute approximate surface area is 134 Å². The zero-order valence-electron chi connectivity index (χ0n) is 12.9. The summed E-state index contributed by atoms with van der Waals surface area (Å²) in [5, 5.41) is 10.9. The van der Waals surface area contributed by atoms with Gasteiger partial charge in [-0.2, -0.15) is 0 Å². The van der Waals surface area contributed by atoms with Crippen LogP contribution in [0.15, 0.2) is 54.6 Å². The van der Waals surface area contributed by atoms with Crippen LogP contribution in [0.2, 0.25) is 0 Å². The number of nitro benzene ring substituents is 1. The smallest absolute Gasteiger partial charge is 0.270 e. The third kappa shape index (κ3) is 3.23. The quantitative estimate of drug-likeness (QED) is 0.618. The van der Waals surface area contributed by atoms with Crippen molar-refractivity contribution in [3.05, 3.63) is 70.3 Å². The van der Waals surface area contributed by atoms with E-state index in [4.69, 9.17) is 0 Å². The van der Waals surface area contributed by atoms with Crippen molar-refractivity contribution in [1.29, 1.82) is 0 Å². The zero-order chi connectivity index (χ0) is 16.4. The lowest BCUT2D eigenvalue weighted by Crippen LogP contribution is -2.40.